The molecule has 2 unspecified atom stereocenters. The van der Waals surface area contributed by atoms with Crippen LogP contribution in [0.3, 0.4) is 0 Å². The van der Waals surface area contributed by atoms with Crippen molar-refractivity contribution in [2.45, 2.75) is 57.3 Å². The summed E-state index contributed by atoms with van der Waals surface area (Å²) in [4.78, 5) is 2.18. The van der Waals surface area contributed by atoms with Crippen LogP contribution >= 0.6 is 0 Å². The Morgan fingerprint density at radius 1 is 1.12 bits per heavy atom. The van der Waals surface area contributed by atoms with Crippen molar-refractivity contribution in [1.29, 1.82) is 0 Å². The second-order valence-corrected chi connectivity index (χ2v) is 8.18. The molecule has 2 atom stereocenters. The molecule has 3 rings (SSSR count). The zero-order valence-corrected chi connectivity index (χ0v) is 16.9. The number of benzene rings is 1. The van der Waals surface area contributed by atoms with Gasteiger partial charge in [0.15, 0.2) is 0 Å². The van der Waals surface area contributed by atoms with E-state index in [-0.39, 0.29) is 30.3 Å². The maximum absolute atomic E-state index is 10.3. The molecule has 1 N–H and O–H groups in total. The van der Waals surface area contributed by atoms with E-state index in [0.29, 0.717) is 0 Å². The lowest BCUT2D eigenvalue weighted by molar-refractivity contribution is 0.00578. The Kier molecular flexibility index (Phi) is 6.79. The van der Waals surface area contributed by atoms with Gasteiger partial charge in [-0.25, -0.2) is 0 Å². The van der Waals surface area contributed by atoms with Crippen LogP contribution in [0.5, 0.6) is 0 Å². The van der Waals surface area contributed by atoms with E-state index in [9.17, 15) is 5.11 Å². The van der Waals surface area contributed by atoms with Gasteiger partial charge < -0.3 is 19.3 Å². The van der Waals surface area contributed by atoms with Crippen molar-refractivity contribution in [3.05, 3.63) is 29.8 Å². The molecule has 1 aromatic rings. The Morgan fingerprint density at radius 3 is 2.08 bits per heavy atom. The predicted molar refractivity (Wildman–Crippen MR) is 102 cm³/mol. The lowest BCUT2D eigenvalue weighted by Crippen LogP contribution is -2.41. The van der Waals surface area contributed by atoms with Crippen LogP contribution in [0.2, 0.25) is 0 Å². The Bertz CT molecular complexity index is 629. The summed E-state index contributed by atoms with van der Waals surface area (Å²) < 4.78 is 28.8. The number of aliphatic hydroxyl groups excluding tert-OH is 1. The first kappa shape index (κ1) is 21.2. The third-order valence-electron chi connectivity index (χ3n) is 5.68. The van der Waals surface area contributed by atoms with Crippen LogP contribution in [0.1, 0.15) is 45.6 Å². The Balaban J connectivity index is 0.000000758. The van der Waals surface area contributed by atoms with Gasteiger partial charge in [0.05, 0.1) is 17.3 Å². The minimum atomic E-state index is -0.750. The molecule has 0 bridgehead atoms. The first-order chi connectivity index (χ1) is 12.1. The fourth-order valence-electron chi connectivity index (χ4n) is 3.36. The summed E-state index contributed by atoms with van der Waals surface area (Å²) in [5.41, 5.74) is 1.60. The third kappa shape index (κ3) is 4.61. The molecule has 1 aromatic carbocycles. The van der Waals surface area contributed by atoms with Crippen molar-refractivity contribution in [1.82, 2.24) is 4.90 Å². The fourth-order valence-corrected chi connectivity index (χ4v) is 3.36. The molecule has 0 aromatic heterocycles. The van der Waals surface area contributed by atoms with Gasteiger partial charge in [0.2, 0.25) is 0 Å². The van der Waals surface area contributed by atoms with Gasteiger partial charge in [0.1, 0.15) is 0 Å². The monoisotopic (exact) mass is 381 g/mol. The minimum Gasteiger partial charge on any atom is -0.399 e. The molecule has 144 valence electrons. The summed E-state index contributed by atoms with van der Waals surface area (Å²) in [7, 11) is 1.73. The highest BCUT2D eigenvalue weighted by molar-refractivity contribution is 7.51. The Labute approximate surface area is 159 Å². The third-order valence-corrected chi connectivity index (χ3v) is 5.68. The first-order valence-corrected chi connectivity index (χ1v) is 9.52. The molecule has 2 aliphatic heterocycles. The number of likely N-dealkylation sites (tertiary alicyclic amines) is 1. The molecule has 6 nitrogen and oxygen atoms in total. The van der Waals surface area contributed by atoms with Crippen molar-refractivity contribution in [2.24, 2.45) is 0 Å². The fraction of sp³-hybridized carbons (Fsp3) is 0.667. The molecule has 8 heteroatoms. The maximum atomic E-state index is 10.3. The van der Waals surface area contributed by atoms with Gasteiger partial charge in [-0.3, -0.25) is 0 Å². The molecule has 2 fully saturated rings. The van der Waals surface area contributed by atoms with E-state index in [0.717, 1.165) is 25.0 Å². The van der Waals surface area contributed by atoms with E-state index in [1.54, 1.807) is 0 Å². The summed E-state index contributed by atoms with van der Waals surface area (Å²) in [6.07, 6.45) is 0.699. The summed E-state index contributed by atoms with van der Waals surface area (Å²) in [5, 5.41) is 10.3. The Hall–Kier alpha value is -1.06. The second kappa shape index (κ2) is 8.31. The molecule has 0 saturated carbocycles. The van der Waals surface area contributed by atoms with Crippen LogP contribution in [0.4, 0.5) is 0 Å². The van der Waals surface area contributed by atoms with Crippen molar-refractivity contribution < 1.29 is 22.8 Å². The van der Waals surface area contributed by atoms with E-state index in [4.69, 9.17) is 17.7 Å². The molecular weight excluding hydrogens is 353 g/mol. The van der Waals surface area contributed by atoms with Gasteiger partial charge in [0, 0.05) is 12.5 Å². The van der Waals surface area contributed by atoms with Crippen LogP contribution in [0.15, 0.2) is 24.3 Å². The zero-order chi connectivity index (χ0) is 19.5. The number of aliphatic hydroxyl groups is 1. The number of rotatable bonds is 2. The SMILES string of the molecule is CN1CCC(c2ccc(B3OC(C)(C)C(C)(C)O3)cc2)C(O)C1.O=S=O. The number of likely N-dealkylation sites (N-methyl/N-ethyl adjacent to an activating group) is 1. The molecule has 0 amide bonds. The maximum Gasteiger partial charge on any atom is 0.494 e. The smallest absolute Gasteiger partial charge is 0.399 e. The average Bonchev–Trinajstić information content (AvgIpc) is 2.76. The van der Waals surface area contributed by atoms with Crippen LogP contribution in [-0.2, 0) is 20.9 Å². The summed E-state index contributed by atoms with van der Waals surface area (Å²) in [6, 6.07) is 8.37. The standard InChI is InChI=1S/C18H28BNO3.O2S/c1-17(2)18(3,4)23-19(22-17)14-8-6-13(7-9-14)15-10-11-20(5)12-16(15)21;1-3-2/h6-9,15-16,21H,10-12H2,1-5H3;. The highest BCUT2D eigenvalue weighted by atomic mass is 32.1. The number of nitrogens with zero attached hydrogens (tertiary/aromatic N) is 1. The number of hydrogen-bond acceptors (Lipinski definition) is 6. The van der Waals surface area contributed by atoms with Crippen LogP contribution < -0.4 is 5.46 Å². The van der Waals surface area contributed by atoms with Crippen LogP contribution in [-0.4, -0.2) is 63.0 Å². The predicted octanol–water partition coefficient (Wildman–Crippen LogP) is 1.10. The number of piperidine rings is 1. The first-order valence-electron chi connectivity index (χ1n) is 8.85. The van der Waals surface area contributed by atoms with Crippen LogP contribution in [0, 0.1) is 0 Å². The van der Waals surface area contributed by atoms with E-state index >= 15 is 0 Å². The van der Waals surface area contributed by atoms with Crippen molar-refractivity contribution in [2.75, 3.05) is 20.1 Å². The van der Waals surface area contributed by atoms with E-state index < -0.39 is 11.6 Å². The minimum absolute atomic E-state index is 0.221. The van der Waals surface area contributed by atoms with Gasteiger partial charge >= 0.3 is 18.7 Å². The Morgan fingerprint density at radius 2 is 1.62 bits per heavy atom. The highest BCUT2D eigenvalue weighted by Gasteiger charge is 2.51. The normalized spacial score (nSPS) is 27.5. The van der Waals surface area contributed by atoms with E-state index in [2.05, 4.69) is 63.9 Å². The molecule has 0 spiro atoms. The van der Waals surface area contributed by atoms with Crippen LogP contribution in [0.25, 0.3) is 0 Å². The number of hydrogen-bond donors (Lipinski definition) is 1. The van der Waals surface area contributed by atoms with Gasteiger partial charge in [-0.2, -0.15) is 8.42 Å². The largest absolute Gasteiger partial charge is 0.494 e. The summed E-state index contributed by atoms with van der Waals surface area (Å²) in [5.74, 6) is 0.221. The zero-order valence-electron chi connectivity index (χ0n) is 16.1. The van der Waals surface area contributed by atoms with Gasteiger partial charge in [0.25, 0.3) is 0 Å². The van der Waals surface area contributed by atoms with Crippen molar-refractivity contribution in [3.63, 3.8) is 0 Å². The molecule has 26 heavy (non-hydrogen) atoms. The summed E-state index contributed by atoms with van der Waals surface area (Å²) >= 11 is -0.750. The van der Waals surface area contributed by atoms with E-state index in [1.807, 2.05) is 0 Å². The number of β-amino-alcohol motifs (C(OH)–C–C–N with tert-alkyl or cyclic N) is 1. The van der Waals surface area contributed by atoms with Gasteiger partial charge in [-0.15, -0.1) is 0 Å². The lowest BCUT2D eigenvalue weighted by atomic mass is 9.77. The van der Waals surface area contributed by atoms with Gasteiger partial charge in [-0.1, -0.05) is 24.3 Å². The average molecular weight is 381 g/mol. The van der Waals surface area contributed by atoms with E-state index in [1.165, 1.54) is 5.56 Å². The molecule has 0 aliphatic carbocycles. The molecule has 2 saturated heterocycles. The summed E-state index contributed by atoms with van der Waals surface area (Å²) in [6.45, 7) is 10.0. The lowest BCUT2D eigenvalue weighted by Gasteiger charge is -2.34. The van der Waals surface area contributed by atoms with Crippen molar-refractivity contribution >= 4 is 24.2 Å². The highest BCUT2D eigenvalue weighted by Crippen LogP contribution is 2.36. The topological polar surface area (TPSA) is 76.1 Å². The quantitative estimate of drug-likeness (QED) is 0.774. The van der Waals surface area contributed by atoms with Gasteiger partial charge in [-0.05, 0) is 58.7 Å². The molecule has 2 aliphatic rings. The molecular formula is C18H28BNO5S. The molecule has 0 radical (unpaired) electrons. The van der Waals surface area contributed by atoms with Crippen molar-refractivity contribution in [3.8, 4) is 0 Å². The second-order valence-electron chi connectivity index (χ2n) is 8.05. The molecule has 2 heterocycles.